The Kier molecular flexibility index (Phi) is 8.48. The van der Waals surface area contributed by atoms with Crippen molar-refractivity contribution in [1.82, 2.24) is 10.2 Å². The van der Waals surface area contributed by atoms with Gasteiger partial charge in [-0.25, -0.2) is 0 Å². The Morgan fingerprint density at radius 3 is 2.60 bits per heavy atom. The molecular weight excluding hydrogens is 585 g/mol. The number of nitrogens with two attached hydrogens (primary N) is 1. The van der Waals surface area contributed by atoms with Gasteiger partial charge in [-0.1, -0.05) is 66.8 Å². The summed E-state index contributed by atoms with van der Waals surface area (Å²) in [7, 11) is 3.08. The molecule has 1 amide bonds. The third-order valence-electron chi connectivity index (χ3n) is 7.39. The highest BCUT2D eigenvalue weighted by Crippen LogP contribution is 2.50. The topological polar surface area (TPSA) is 143 Å². The Balaban J connectivity index is 1.42. The van der Waals surface area contributed by atoms with Crippen LogP contribution >= 0.6 is 23.1 Å². The van der Waals surface area contributed by atoms with Crippen LogP contribution in [0.3, 0.4) is 0 Å². The molecule has 3 aromatic rings. The Morgan fingerprint density at radius 2 is 1.93 bits per heavy atom. The smallest absolute Gasteiger partial charge is 0.234 e. The van der Waals surface area contributed by atoms with Crippen LogP contribution in [0.5, 0.6) is 11.5 Å². The van der Waals surface area contributed by atoms with Gasteiger partial charge < -0.3 is 20.5 Å². The minimum absolute atomic E-state index is 0.00757. The molecule has 0 bridgehead atoms. The van der Waals surface area contributed by atoms with Crippen molar-refractivity contribution >= 4 is 45.6 Å². The van der Waals surface area contributed by atoms with Gasteiger partial charge in [0.05, 0.1) is 43.2 Å². The highest BCUT2D eigenvalue weighted by Gasteiger charge is 2.45. The van der Waals surface area contributed by atoms with Crippen molar-refractivity contribution < 1.29 is 19.1 Å². The predicted molar refractivity (Wildman–Crippen MR) is 167 cm³/mol. The van der Waals surface area contributed by atoms with E-state index in [-0.39, 0.29) is 28.7 Å². The molecule has 43 heavy (non-hydrogen) atoms. The maximum Gasteiger partial charge on any atom is 0.234 e. The largest absolute Gasteiger partial charge is 0.497 e. The second-order valence-corrected chi connectivity index (χ2v) is 13.3. The first-order valence-electron chi connectivity index (χ1n) is 13.6. The number of methoxy groups -OCH3 is 2. The van der Waals surface area contributed by atoms with E-state index in [4.69, 9.17) is 15.2 Å². The molecule has 1 aliphatic carbocycles. The van der Waals surface area contributed by atoms with E-state index in [1.54, 1.807) is 30.2 Å². The number of Topliss-reactive ketones (excluding diaryl/α,β-unsaturated/α-hetero) is 1. The highest BCUT2D eigenvalue weighted by atomic mass is 32.2. The number of benzene rings is 2. The maximum atomic E-state index is 13.7. The Morgan fingerprint density at radius 1 is 1.19 bits per heavy atom. The van der Waals surface area contributed by atoms with E-state index in [9.17, 15) is 14.9 Å². The summed E-state index contributed by atoms with van der Waals surface area (Å²) in [6, 6.07) is 15.3. The Bertz CT molecular complexity index is 1690. The van der Waals surface area contributed by atoms with E-state index >= 15 is 0 Å². The summed E-state index contributed by atoms with van der Waals surface area (Å²) >= 11 is 2.47. The van der Waals surface area contributed by atoms with Gasteiger partial charge in [-0.3, -0.25) is 14.5 Å². The number of amides is 1. The number of ketones is 1. The van der Waals surface area contributed by atoms with E-state index in [1.807, 2.05) is 45.0 Å². The number of nitrogens with zero attached hydrogens (tertiary/aromatic N) is 4. The standard InChI is InChI=1S/C31H32N6O4S2/c1-17-6-8-18(9-7-17)26-20(15-32)28(33)37(22-13-31(2,3)14-23(38)27(22)26)29-35-36-30(43-29)42-16-25(39)34-21-11-10-19(40-4)12-24(21)41-5/h6-12,26H,13-14,16,33H2,1-5H3,(H,34,39). The zero-order valence-electron chi connectivity index (χ0n) is 24.6. The van der Waals surface area contributed by atoms with Crippen molar-refractivity contribution in [2.45, 2.75) is 43.9 Å². The molecule has 10 nitrogen and oxygen atoms in total. The number of ether oxygens (including phenoxy) is 2. The zero-order chi connectivity index (χ0) is 30.9. The van der Waals surface area contributed by atoms with Crippen molar-refractivity contribution in [3.8, 4) is 17.6 Å². The number of nitriles is 1. The molecule has 0 spiro atoms. The fourth-order valence-electron chi connectivity index (χ4n) is 5.39. The molecule has 1 atom stereocenters. The lowest BCUT2D eigenvalue weighted by molar-refractivity contribution is -0.118. The van der Waals surface area contributed by atoms with Crippen LogP contribution in [0.2, 0.25) is 0 Å². The zero-order valence-corrected chi connectivity index (χ0v) is 26.2. The van der Waals surface area contributed by atoms with Gasteiger partial charge in [-0.05, 0) is 36.5 Å². The van der Waals surface area contributed by atoms with Gasteiger partial charge in [-0.15, -0.1) is 10.2 Å². The maximum absolute atomic E-state index is 13.7. The Labute approximate surface area is 258 Å². The summed E-state index contributed by atoms with van der Waals surface area (Å²) in [5, 5.41) is 22.2. The number of nitrogens with one attached hydrogen (secondary N) is 1. The van der Waals surface area contributed by atoms with E-state index in [0.29, 0.717) is 50.6 Å². The monoisotopic (exact) mass is 616 g/mol. The molecule has 222 valence electrons. The molecule has 1 aromatic heterocycles. The molecule has 2 aliphatic rings. The van der Waals surface area contributed by atoms with Crippen LogP contribution in [-0.4, -0.2) is 41.9 Å². The molecule has 3 N–H and O–H groups in total. The third-order valence-corrected chi connectivity index (χ3v) is 9.43. The highest BCUT2D eigenvalue weighted by molar-refractivity contribution is 8.01. The summed E-state index contributed by atoms with van der Waals surface area (Å²) in [5.41, 5.74) is 10.5. The van der Waals surface area contributed by atoms with Crippen LogP contribution < -0.4 is 25.4 Å². The molecular formula is C31H32N6O4S2. The lowest BCUT2D eigenvalue weighted by Gasteiger charge is -2.42. The molecule has 0 saturated heterocycles. The van der Waals surface area contributed by atoms with E-state index in [1.165, 1.54) is 30.2 Å². The van der Waals surface area contributed by atoms with Crippen LogP contribution in [0.4, 0.5) is 10.8 Å². The number of rotatable bonds is 8. The van der Waals surface area contributed by atoms with Gasteiger partial charge in [0.1, 0.15) is 17.3 Å². The van der Waals surface area contributed by atoms with Gasteiger partial charge in [0.15, 0.2) is 10.1 Å². The molecule has 1 aliphatic heterocycles. The number of hydrogen-bond donors (Lipinski definition) is 2. The van der Waals surface area contributed by atoms with Crippen LogP contribution in [-0.2, 0) is 9.59 Å². The lowest BCUT2D eigenvalue weighted by atomic mass is 9.68. The predicted octanol–water partition coefficient (Wildman–Crippen LogP) is 5.54. The first-order valence-corrected chi connectivity index (χ1v) is 15.4. The average molecular weight is 617 g/mol. The van der Waals surface area contributed by atoms with Gasteiger partial charge in [-0.2, -0.15) is 5.26 Å². The fraction of sp³-hybridized carbons (Fsp3) is 0.323. The van der Waals surface area contributed by atoms with Crippen molar-refractivity contribution in [1.29, 1.82) is 5.26 Å². The number of thioether (sulfide) groups is 1. The van der Waals surface area contributed by atoms with Crippen molar-refractivity contribution in [3.05, 3.63) is 76.3 Å². The van der Waals surface area contributed by atoms with E-state index in [0.717, 1.165) is 16.8 Å². The third kappa shape index (κ3) is 6.09. The number of aromatic nitrogens is 2. The van der Waals surface area contributed by atoms with Crippen molar-refractivity contribution in [2.24, 2.45) is 11.1 Å². The SMILES string of the molecule is COc1ccc(NC(=O)CSc2nnc(N3C(N)=C(C#N)C(c4ccc(C)cc4)C4=C3CC(C)(C)CC4=O)s2)c(OC)c1. The van der Waals surface area contributed by atoms with E-state index in [2.05, 4.69) is 21.6 Å². The second-order valence-electron chi connectivity index (χ2n) is 11.1. The van der Waals surface area contributed by atoms with Crippen molar-refractivity contribution in [2.75, 3.05) is 30.2 Å². The summed E-state index contributed by atoms with van der Waals surface area (Å²) < 4.78 is 11.1. The molecule has 0 radical (unpaired) electrons. The number of aryl methyl sites for hydroxylation is 1. The molecule has 0 saturated carbocycles. The minimum atomic E-state index is -0.555. The van der Waals surface area contributed by atoms with Crippen LogP contribution in [0.25, 0.3) is 0 Å². The van der Waals surface area contributed by atoms with Gasteiger partial charge in [0.2, 0.25) is 11.0 Å². The van der Waals surface area contributed by atoms with Gasteiger partial charge in [0, 0.05) is 23.8 Å². The average Bonchev–Trinajstić information content (AvgIpc) is 3.44. The molecule has 2 aromatic carbocycles. The number of allylic oxidation sites excluding steroid dienone is 3. The van der Waals surface area contributed by atoms with Crippen molar-refractivity contribution in [3.63, 3.8) is 0 Å². The summed E-state index contributed by atoms with van der Waals surface area (Å²) in [5.74, 6) is 0.590. The normalized spacial score (nSPS) is 17.8. The fourth-order valence-corrected chi connectivity index (χ4v) is 7.07. The number of hydrogen-bond acceptors (Lipinski definition) is 11. The molecule has 0 fully saturated rings. The first-order chi connectivity index (χ1) is 20.5. The van der Waals surface area contributed by atoms with Crippen LogP contribution in [0.1, 0.15) is 43.7 Å². The number of carbonyl (C=O) groups excluding carboxylic acids is 2. The van der Waals surface area contributed by atoms with Gasteiger partial charge in [0.25, 0.3) is 0 Å². The summed E-state index contributed by atoms with van der Waals surface area (Å²) in [4.78, 5) is 28.2. The minimum Gasteiger partial charge on any atom is -0.497 e. The molecule has 5 rings (SSSR count). The van der Waals surface area contributed by atoms with Crippen LogP contribution in [0.15, 0.2) is 69.5 Å². The second kappa shape index (κ2) is 12.1. The summed E-state index contributed by atoms with van der Waals surface area (Å²) in [6.45, 7) is 6.09. The molecule has 2 heterocycles. The number of anilines is 2. The summed E-state index contributed by atoms with van der Waals surface area (Å²) in [6.07, 6.45) is 0.940. The molecule has 1 unspecified atom stereocenters. The van der Waals surface area contributed by atoms with E-state index < -0.39 is 5.92 Å². The first kappa shape index (κ1) is 30.1. The lowest BCUT2D eigenvalue weighted by Crippen LogP contribution is -2.42. The number of carbonyl (C=O) groups is 2. The Hall–Kier alpha value is -4.34. The quantitative estimate of drug-likeness (QED) is 0.310. The molecule has 12 heteroatoms. The van der Waals surface area contributed by atoms with Crippen LogP contribution in [0, 0.1) is 23.7 Å². The van der Waals surface area contributed by atoms with Gasteiger partial charge >= 0.3 is 0 Å².